The monoisotopic (exact) mass is 341 g/mol. The van der Waals surface area contributed by atoms with Gasteiger partial charge in [0.15, 0.2) is 0 Å². The first kappa shape index (κ1) is 10.2. The topological polar surface area (TPSA) is 34.1 Å². The van der Waals surface area contributed by atoms with Crippen molar-refractivity contribution in [3.05, 3.63) is 0 Å². The van der Waals surface area contributed by atoms with E-state index in [1.54, 1.807) is 0 Å². The first-order chi connectivity index (χ1) is 1.73. The predicted molar refractivity (Wildman–Crippen MR) is 14.0 cm³/mol. The molecule has 0 unspecified atom stereocenters. The fourth-order valence-electron chi connectivity index (χ4n) is 0. The molecule has 1 radical (unpaired) electrons. The molecule has 0 fully saturated rings. The van der Waals surface area contributed by atoms with Gasteiger partial charge in [0.2, 0.25) is 0 Å². The molecule has 0 heterocycles. The summed E-state index contributed by atoms with van der Waals surface area (Å²) >= 11 is 0.384. The number of hydrogen-bond donors (Lipinski definition) is 0. The second-order valence-corrected chi connectivity index (χ2v) is 3.42. The zero-order chi connectivity index (χ0) is 3.58. The third-order valence-electron chi connectivity index (χ3n) is 0. The summed E-state index contributed by atoms with van der Waals surface area (Å²) in [5, 5.41) is 0. The molecule has 0 spiro atoms. The van der Waals surface area contributed by atoms with Crippen molar-refractivity contribution >= 4 is 38.1 Å². The van der Waals surface area contributed by atoms with Crippen LogP contribution in [0.15, 0.2) is 0 Å². The van der Waals surface area contributed by atoms with Gasteiger partial charge in [-0.25, -0.2) is 0 Å². The van der Waals surface area contributed by atoms with Crippen molar-refractivity contribution in [3.8, 4) is 0 Å². The van der Waals surface area contributed by atoms with Crippen molar-refractivity contribution in [1.82, 2.24) is 0 Å². The molecular weight excluding hydrogens is 341 g/mol. The normalized spacial score (nSPS) is 4.60. The fourth-order valence-corrected chi connectivity index (χ4v) is 0. The molecule has 0 aromatic heterocycles. The molecule has 0 saturated heterocycles. The van der Waals surface area contributed by atoms with E-state index >= 15 is 0 Å². The van der Waals surface area contributed by atoms with Gasteiger partial charge in [-0.3, -0.25) is 0 Å². The van der Waals surface area contributed by atoms with Crippen molar-refractivity contribution in [1.29, 1.82) is 0 Å². The largest absolute Gasteiger partial charge is 0 e. The molecule has 2 nitrogen and oxygen atoms in total. The summed E-state index contributed by atoms with van der Waals surface area (Å²) in [7, 11) is 0. The van der Waals surface area contributed by atoms with E-state index in [2.05, 4.69) is 0 Å². The van der Waals surface area contributed by atoms with Crippen LogP contribution in [-0.4, -0.2) is 35.1 Å². The van der Waals surface area contributed by atoms with Gasteiger partial charge in [-0.05, 0) is 0 Å². The minimum Gasteiger partial charge on any atom is 0 e. The van der Waals surface area contributed by atoms with Gasteiger partial charge >= 0.3 is 47.3 Å². The molecule has 5 heteroatoms. The summed E-state index contributed by atoms with van der Waals surface area (Å²) in [5.74, 6) is 0. The van der Waals surface area contributed by atoms with Gasteiger partial charge in [0.25, 0.3) is 0 Å². The minimum atomic E-state index is -2.00. The predicted octanol–water partition coefficient (Wildman–Crippen LogP) is 0.243. The molecule has 0 N–H and O–H groups in total. The third kappa shape index (κ3) is 22.5. The van der Waals surface area contributed by atoms with E-state index < -0.39 is 3.09 Å². The van der Waals surface area contributed by atoms with Gasteiger partial charge in [-0.1, -0.05) is 0 Å². The molecule has 0 aromatic carbocycles. The van der Waals surface area contributed by atoms with E-state index in [1.807, 2.05) is 0 Å². The Labute approximate surface area is 76.8 Å². The maximum atomic E-state index is 9.09. The third-order valence-corrected chi connectivity index (χ3v) is 0. The zero-order valence-corrected chi connectivity index (χ0v) is 9.74. The molecule has 0 aromatic rings. The quantitative estimate of drug-likeness (QED) is 0.468. The van der Waals surface area contributed by atoms with Crippen LogP contribution in [0.4, 0.5) is 0 Å². The Morgan fingerprint density at radius 1 is 1.40 bits per heavy atom. The summed E-state index contributed by atoms with van der Waals surface area (Å²) in [6.07, 6.45) is 0. The van der Waals surface area contributed by atoms with Crippen LogP contribution in [0.2, 0.25) is 0 Å². The molecule has 0 rings (SSSR count). The Morgan fingerprint density at radius 3 is 1.40 bits per heavy atom. The van der Waals surface area contributed by atoms with Crippen molar-refractivity contribution in [2.75, 3.05) is 0 Å². The van der Waals surface area contributed by atoms with Gasteiger partial charge < -0.3 is 0 Å². The van der Waals surface area contributed by atoms with Crippen LogP contribution in [0.3, 0.4) is 0 Å². The van der Waals surface area contributed by atoms with E-state index in [4.69, 9.17) is 9.13 Å². The Kier molecular flexibility index (Phi) is 12.7. The van der Waals surface area contributed by atoms with Crippen LogP contribution < -0.4 is 0 Å². The Bertz CT molecular complexity index is 58.0. The van der Waals surface area contributed by atoms with Gasteiger partial charge in [0.05, 0.1) is 0 Å². The number of hydrogen-bond acceptors (Lipinski definition) is 2. The second kappa shape index (κ2) is 6.21. The molecule has 5 heavy (non-hydrogen) atoms. The summed E-state index contributed by atoms with van der Waals surface area (Å²) in [5.41, 5.74) is 0. The van der Waals surface area contributed by atoms with E-state index in [1.165, 1.54) is 0 Å². The van der Waals surface area contributed by atoms with Crippen LogP contribution >= 0.6 is 3.09 Å². The molecule has 0 aliphatic carbocycles. The smallest absolute Gasteiger partial charge is 0 e. The minimum absolute atomic E-state index is 0. The summed E-state index contributed by atoms with van der Waals surface area (Å²) in [6, 6.07) is 0. The Morgan fingerprint density at radius 2 is 1.40 bits per heavy atom. The first-order valence-corrected chi connectivity index (χ1v) is 5.01. The molecule has 0 amide bonds. The zero-order valence-electron chi connectivity index (χ0n) is 2.47. The van der Waals surface area contributed by atoms with Gasteiger partial charge in [0, 0.05) is 31.1 Å². The molecule has 0 bridgehead atoms. The average molecular weight is 341 g/mol. The second-order valence-electron chi connectivity index (χ2n) is 0.333. The molecule has 23 valence electrons. The van der Waals surface area contributed by atoms with Crippen molar-refractivity contribution < 1.29 is 40.2 Å². The van der Waals surface area contributed by atoms with Crippen LogP contribution in [-0.2, 0) is 9.13 Å². The first-order valence-electron chi connectivity index (χ1n) is 0.681. The molecule has 0 aliphatic heterocycles. The van der Waals surface area contributed by atoms with Crippen LogP contribution in [0.5, 0.6) is 0 Å². The SMILES string of the molecule is O=[P](=O)[Ca].[U]. The molecule has 0 atom stereocenters. The maximum absolute atomic E-state index is 9.09. The van der Waals surface area contributed by atoms with E-state index in [0.717, 1.165) is 0 Å². The van der Waals surface area contributed by atoms with Crippen LogP contribution in [0, 0.1) is 31.1 Å². The fraction of sp³-hybridized carbons (Fsp3) is 0. The van der Waals surface area contributed by atoms with E-state index in [0.29, 0.717) is 35.1 Å². The van der Waals surface area contributed by atoms with Gasteiger partial charge in [-0.2, -0.15) is 0 Å². The Balaban J connectivity index is 0. The summed E-state index contributed by atoms with van der Waals surface area (Å²) < 4.78 is 16.2. The van der Waals surface area contributed by atoms with Gasteiger partial charge in [-0.15, -0.1) is 0 Å². The summed E-state index contributed by atoms with van der Waals surface area (Å²) in [4.78, 5) is 0. The molecule has 0 aliphatic rings. The van der Waals surface area contributed by atoms with Crippen LogP contribution in [0.1, 0.15) is 0 Å². The van der Waals surface area contributed by atoms with E-state index in [9.17, 15) is 0 Å². The van der Waals surface area contributed by atoms with Crippen molar-refractivity contribution in [2.45, 2.75) is 0 Å². The average Bonchev–Trinajstić information content (AvgIpc) is 0.811. The van der Waals surface area contributed by atoms with Crippen molar-refractivity contribution in [3.63, 3.8) is 0 Å². The summed E-state index contributed by atoms with van der Waals surface area (Å²) in [6.45, 7) is 0. The molecular formula is CaO2PU. The number of rotatable bonds is 0. The van der Waals surface area contributed by atoms with Crippen LogP contribution in [0.25, 0.3) is 0 Å². The molecule has 0 saturated carbocycles. The van der Waals surface area contributed by atoms with E-state index in [-0.39, 0.29) is 31.1 Å². The standard InChI is InChI=1S/Ca.O2P.U/c;1-3-2;. The van der Waals surface area contributed by atoms with Crippen molar-refractivity contribution in [2.24, 2.45) is 0 Å². The Hall–Kier alpha value is 2.21. The maximum Gasteiger partial charge on any atom is 0 e. The van der Waals surface area contributed by atoms with Gasteiger partial charge in [0.1, 0.15) is 0 Å².